The third-order valence-electron chi connectivity index (χ3n) is 1.96. The van der Waals surface area contributed by atoms with Crippen molar-refractivity contribution in [2.75, 3.05) is 5.32 Å². The Hall–Kier alpha value is -1.50. The highest BCUT2D eigenvalue weighted by atomic mass is 32.1. The SMILES string of the molecule is CCn1cnnc1CNc1nc(C)ns1. The molecule has 80 valence electrons. The molecule has 0 radical (unpaired) electrons. The highest BCUT2D eigenvalue weighted by molar-refractivity contribution is 7.09. The first-order valence-electron chi connectivity index (χ1n) is 4.70. The Bertz CT molecular complexity index is 434. The van der Waals surface area contributed by atoms with Gasteiger partial charge in [-0.1, -0.05) is 0 Å². The summed E-state index contributed by atoms with van der Waals surface area (Å²) >= 11 is 1.36. The van der Waals surface area contributed by atoms with E-state index in [-0.39, 0.29) is 0 Å². The van der Waals surface area contributed by atoms with Gasteiger partial charge in [0.25, 0.3) is 0 Å². The van der Waals surface area contributed by atoms with E-state index in [1.165, 1.54) is 11.5 Å². The molecule has 0 saturated heterocycles. The van der Waals surface area contributed by atoms with Crippen LogP contribution in [-0.4, -0.2) is 24.1 Å². The third kappa shape index (κ3) is 2.30. The molecule has 2 rings (SSSR count). The second-order valence-corrected chi connectivity index (χ2v) is 3.79. The minimum absolute atomic E-state index is 0.627. The van der Waals surface area contributed by atoms with Crippen LogP contribution < -0.4 is 5.32 Å². The van der Waals surface area contributed by atoms with Crippen LogP contribution in [-0.2, 0) is 13.1 Å². The standard InChI is InChI=1S/C8H12N6S/c1-3-14-5-10-12-7(14)4-9-8-11-6(2)13-15-8/h5H,3-4H2,1-2H3,(H,9,11,13). The van der Waals surface area contributed by atoms with Crippen molar-refractivity contribution >= 4 is 16.7 Å². The zero-order valence-electron chi connectivity index (χ0n) is 8.64. The van der Waals surface area contributed by atoms with Gasteiger partial charge in [0.2, 0.25) is 5.13 Å². The van der Waals surface area contributed by atoms with Crippen molar-refractivity contribution in [1.29, 1.82) is 0 Å². The van der Waals surface area contributed by atoms with E-state index in [2.05, 4.69) is 31.8 Å². The summed E-state index contributed by atoms with van der Waals surface area (Å²) in [4.78, 5) is 4.20. The Morgan fingerprint density at radius 1 is 1.53 bits per heavy atom. The van der Waals surface area contributed by atoms with Gasteiger partial charge >= 0.3 is 0 Å². The summed E-state index contributed by atoms with van der Waals surface area (Å²) in [5.41, 5.74) is 0. The fourth-order valence-electron chi connectivity index (χ4n) is 1.20. The molecule has 0 fully saturated rings. The molecule has 0 aliphatic carbocycles. The van der Waals surface area contributed by atoms with Crippen LogP contribution in [0, 0.1) is 6.92 Å². The van der Waals surface area contributed by atoms with Crippen molar-refractivity contribution in [2.24, 2.45) is 0 Å². The fraction of sp³-hybridized carbons (Fsp3) is 0.500. The monoisotopic (exact) mass is 224 g/mol. The molecule has 2 heterocycles. The Balaban J connectivity index is 1.98. The summed E-state index contributed by atoms with van der Waals surface area (Å²) in [5.74, 6) is 1.70. The van der Waals surface area contributed by atoms with Crippen LogP contribution in [0.25, 0.3) is 0 Å². The fourth-order valence-corrected chi connectivity index (χ4v) is 1.77. The van der Waals surface area contributed by atoms with Crippen LogP contribution in [0.4, 0.5) is 5.13 Å². The molecule has 0 amide bonds. The predicted octanol–water partition coefficient (Wildman–Crippen LogP) is 1.07. The third-order valence-corrected chi connectivity index (χ3v) is 2.73. The normalized spacial score (nSPS) is 10.5. The molecule has 6 nitrogen and oxygen atoms in total. The van der Waals surface area contributed by atoms with Gasteiger partial charge in [0.1, 0.15) is 12.2 Å². The molecule has 2 aromatic rings. The number of rotatable bonds is 4. The number of aromatic nitrogens is 5. The Morgan fingerprint density at radius 3 is 3.07 bits per heavy atom. The average molecular weight is 224 g/mol. The lowest BCUT2D eigenvalue weighted by atomic mass is 10.5. The predicted molar refractivity (Wildman–Crippen MR) is 57.7 cm³/mol. The van der Waals surface area contributed by atoms with Crippen molar-refractivity contribution in [1.82, 2.24) is 24.1 Å². The molecule has 0 aromatic carbocycles. The molecule has 0 atom stereocenters. The Kier molecular flexibility index (Phi) is 2.91. The van der Waals surface area contributed by atoms with Crippen LogP contribution in [0.1, 0.15) is 18.6 Å². The van der Waals surface area contributed by atoms with E-state index in [1.54, 1.807) is 6.33 Å². The molecule has 7 heteroatoms. The summed E-state index contributed by atoms with van der Waals surface area (Å²) in [7, 11) is 0. The number of nitrogens with zero attached hydrogens (tertiary/aromatic N) is 5. The largest absolute Gasteiger partial charge is 0.353 e. The molecular formula is C8H12N6S. The van der Waals surface area contributed by atoms with Crippen molar-refractivity contribution in [3.05, 3.63) is 18.0 Å². The van der Waals surface area contributed by atoms with Gasteiger partial charge in [-0.05, 0) is 13.8 Å². The second kappa shape index (κ2) is 4.35. The molecular weight excluding hydrogens is 212 g/mol. The highest BCUT2D eigenvalue weighted by Gasteiger charge is 2.04. The van der Waals surface area contributed by atoms with E-state index in [4.69, 9.17) is 0 Å². The van der Waals surface area contributed by atoms with Crippen LogP contribution in [0.5, 0.6) is 0 Å². The van der Waals surface area contributed by atoms with E-state index in [0.717, 1.165) is 23.3 Å². The summed E-state index contributed by atoms with van der Waals surface area (Å²) in [6, 6.07) is 0. The number of aryl methyl sites for hydroxylation is 2. The molecule has 0 unspecified atom stereocenters. The summed E-state index contributed by atoms with van der Waals surface area (Å²) < 4.78 is 6.07. The van der Waals surface area contributed by atoms with E-state index in [1.807, 2.05) is 11.5 Å². The molecule has 2 aromatic heterocycles. The van der Waals surface area contributed by atoms with Gasteiger partial charge in [-0.15, -0.1) is 10.2 Å². The summed E-state index contributed by atoms with van der Waals surface area (Å²) in [6.07, 6.45) is 1.72. The highest BCUT2D eigenvalue weighted by Crippen LogP contribution is 2.10. The van der Waals surface area contributed by atoms with Crippen molar-refractivity contribution in [2.45, 2.75) is 26.9 Å². The van der Waals surface area contributed by atoms with Crippen molar-refractivity contribution in [3.8, 4) is 0 Å². The van der Waals surface area contributed by atoms with Gasteiger partial charge in [-0.3, -0.25) is 0 Å². The van der Waals surface area contributed by atoms with Crippen molar-refractivity contribution in [3.63, 3.8) is 0 Å². The topological polar surface area (TPSA) is 68.5 Å². The minimum Gasteiger partial charge on any atom is -0.353 e. The van der Waals surface area contributed by atoms with Crippen LogP contribution in [0.2, 0.25) is 0 Å². The lowest BCUT2D eigenvalue weighted by Crippen LogP contribution is -2.07. The molecule has 0 aliphatic rings. The van der Waals surface area contributed by atoms with E-state index < -0.39 is 0 Å². The summed E-state index contributed by atoms with van der Waals surface area (Å²) in [5, 5.41) is 11.8. The van der Waals surface area contributed by atoms with E-state index in [0.29, 0.717) is 6.54 Å². The van der Waals surface area contributed by atoms with Gasteiger partial charge in [0.05, 0.1) is 6.54 Å². The van der Waals surface area contributed by atoms with Gasteiger partial charge in [-0.2, -0.15) is 4.37 Å². The number of hydrogen-bond acceptors (Lipinski definition) is 6. The molecule has 0 spiro atoms. The molecule has 15 heavy (non-hydrogen) atoms. The first-order valence-corrected chi connectivity index (χ1v) is 5.47. The zero-order chi connectivity index (χ0) is 10.7. The molecule has 0 bridgehead atoms. The van der Waals surface area contributed by atoms with Crippen LogP contribution in [0.15, 0.2) is 6.33 Å². The number of hydrogen-bond donors (Lipinski definition) is 1. The van der Waals surface area contributed by atoms with Gasteiger partial charge in [0, 0.05) is 18.1 Å². The Labute approximate surface area is 91.5 Å². The number of anilines is 1. The van der Waals surface area contributed by atoms with Gasteiger partial charge in [-0.25, -0.2) is 4.98 Å². The first-order chi connectivity index (χ1) is 7.29. The van der Waals surface area contributed by atoms with Crippen LogP contribution in [0.3, 0.4) is 0 Å². The zero-order valence-corrected chi connectivity index (χ0v) is 9.45. The van der Waals surface area contributed by atoms with Crippen molar-refractivity contribution < 1.29 is 0 Å². The number of nitrogens with one attached hydrogen (secondary N) is 1. The van der Waals surface area contributed by atoms with E-state index in [9.17, 15) is 0 Å². The first kappa shape index (κ1) is 10.0. The van der Waals surface area contributed by atoms with Gasteiger partial charge < -0.3 is 9.88 Å². The second-order valence-electron chi connectivity index (χ2n) is 3.03. The minimum atomic E-state index is 0.627. The molecule has 0 aliphatic heterocycles. The smallest absolute Gasteiger partial charge is 0.202 e. The maximum absolute atomic E-state index is 4.20. The molecule has 1 N–H and O–H groups in total. The lowest BCUT2D eigenvalue weighted by Gasteiger charge is -2.02. The quantitative estimate of drug-likeness (QED) is 0.841. The van der Waals surface area contributed by atoms with Crippen LogP contribution >= 0.6 is 11.5 Å². The van der Waals surface area contributed by atoms with E-state index >= 15 is 0 Å². The Morgan fingerprint density at radius 2 is 2.40 bits per heavy atom. The maximum Gasteiger partial charge on any atom is 0.202 e. The maximum atomic E-state index is 4.20. The molecule has 0 saturated carbocycles. The average Bonchev–Trinajstić information content (AvgIpc) is 2.83. The lowest BCUT2D eigenvalue weighted by molar-refractivity contribution is 0.707. The summed E-state index contributed by atoms with van der Waals surface area (Å²) in [6.45, 7) is 5.43. The van der Waals surface area contributed by atoms with Gasteiger partial charge in [0.15, 0.2) is 5.82 Å².